The van der Waals surface area contributed by atoms with Crippen LogP contribution in [0.2, 0.25) is 0 Å². The molecule has 0 spiro atoms. The molecule has 0 saturated carbocycles. The molecule has 1 aliphatic rings. The van der Waals surface area contributed by atoms with Crippen LogP contribution in [0.15, 0.2) is 6.20 Å². The molecule has 0 aromatic carbocycles. The van der Waals surface area contributed by atoms with Crippen LogP contribution in [0, 0.1) is 0 Å². The molecule has 6 nitrogen and oxygen atoms in total. The minimum Gasteiger partial charge on any atom is -0.337 e. The van der Waals surface area contributed by atoms with Gasteiger partial charge in [0, 0.05) is 13.1 Å². The summed E-state index contributed by atoms with van der Waals surface area (Å²) in [5.41, 5.74) is 0.491. The molecule has 0 bridgehead atoms. The van der Waals surface area contributed by atoms with Crippen LogP contribution in [-0.4, -0.2) is 52.0 Å². The van der Waals surface area contributed by atoms with Crippen molar-refractivity contribution in [1.29, 1.82) is 0 Å². The lowest BCUT2D eigenvalue weighted by molar-refractivity contribution is 0.0745. The molecule has 1 aromatic rings. The number of rotatable bonds is 8. The van der Waals surface area contributed by atoms with Crippen molar-refractivity contribution in [2.45, 2.75) is 58.4 Å². The number of piperidine rings is 1. The monoisotopic (exact) mass is 343 g/mol. The molecule has 1 N–H and O–H groups in total. The lowest BCUT2D eigenvalue weighted by Crippen LogP contribution is -2.33. The van der Waals surface area contributed by atoms with Crippen LogP contribution in [0.25, 0.3) is 0 Å². The predicted octanol–water partition coefficient (Wildman–Crippen LogP) is 2.67. The molecule has 0 unspecified atom stereocenters. The number of hydrogen-bond donors (Lipinski definition) is 1. The maximum Gasteiger partial charge on any atom is 0.276 e. The van der Waals surface area contributed by atoms with Gasteiger partial charge in [-0.25, -0.2) is 4.68 Å². The Labute approximate surface area is 145 Å². The molecule has 132 valence electrons. The number of aromatic nitrogens is 3. The maximum atomic E-state index is 12.7. The number of nitrogens with zero attached hydrogens (tertiary/aromatic N) is 4. The van der Waals surface area contributed by atoms with Crippen LogP contribution >= 0.6 is 12.4 Å². The first-order valence-electron chi connectivity index (χ1n) is 8.68. The number of unbranched alkanes of at least 4 members (excludes halogenated alkanes) is 2. The van der Waals surface area contributed by atoms with Gasteiger partial charge in [0.15, 0.2) is 5.69 Å². The van der Waals surface area contributed by atoms with Gasteiger partial charge in [-0.05, 0) is 38.8 Å². The summed E-state index contributed by atoms with van der Waals surface area (Å²) in [4.78, 5) is 14.6. The smallest absolute Gasteiger partial charge is 0.276 e. The van der Waals surface area contributed by atoms with Crippen molar-refractivity contribution in [1.82, 2.24) is 25.2 Å². The molecule has 1 saturated heterocycles. The summed E-state index contributed by atoms with van der Waals surface area (Å²) in [6.07, 6.45) is 8.20. The van der Waals surface area contributed by atoms with E-state index in [4.69, 9.17) is 0 Å². The number of carbonyl (C=O) groups is 1. The van der Waals surface area contributed by atoms with Crippen LogP contribution in [0.1, 0.15) is 68.9 Å². The summed E-state index contributed by atoms with van der Waals surface area (Å²) in [6, 6.07) is 0.370. The summed E-state index contributed by atoms with van der Waals surface area (Å²) in [6.45, 7) is 7.94. The highest BCUT2D eigenvalue weighted by Gasteiger charge is 2.21. The van der Waals surface area contributed by atoms with Gasteiger partial charge in [-0.2, -0.15) is 0 Å². The van der Waals surface area contributed by atoms with Crippen LogP contribution in [0.5, 0.6) is 0 Å². The number of amides is 1. The zero-order valence-corrected chi connectivity index (χ0v) is 15.1. The Morgan fingerprint density at radius 1 is 1.26 bits per heavy atom. The fourth-order valence-corrected chi connectivity index (χ4v) is 2.80. The van der Waals surface area contributed by atoms with E-state index < -0.39 is 0 Å². The van der Waals surface area contributed by atoms with Crippen molar-refractivity contribution in [2.24, 2.45) is 0 Å². The third-order valence-electron chi connectivity index (χ3n) is 4.26. The lowest BCUT2D eigenvalue weighted by atomic mass is 10.1. The van der Waals surface area contributed by atoms with Gasteiger partial charge >= 0.3 is 0 Å². The molecule has 2 heterocycles. The number of carbonyl (C=O) groups excluding carboxylic acids is 1. The Bertz CT molecular complexity index is 451. The van der Waals surface area contributed by atoms with Gasteiger partial charge < -0.3 is 10.2 Å². The minimum absolute atomic E-state index is 0. The standard InChI is InChI=1S/C16H29N5O.ClH/c1-3-5-11-20(12-6-4-2)16(22)15-13-21(19-18-15)14-7-9-17-10-8-14;/h13-14,17H,3-12H2,1-2H3;1H. The Balaban J connectivity index is 0.00000264. The number of nitrogens with one attached hydrogen (secondary N) is 1. The van der Waals surface area contributed by atoms with E-state index in [9.17, 15) is 4.79 Å². The molecule has 1 fully saturated rings. The molecule has 7 heteroatoms. The molecule has 23 heavy (non-hydrogen) atoms. The van der Waals surface area contributed by atoms with Gasteiger partial charge in [-0.3, -0.25) is 4.79 Å². The van der Waals surface area contributed by atoms with E-state index in [0.29, 0.717) is 11.7 Å². The van der Waals surface area contributed by atoms with E-state index >= 15 is 0 Å². The van der Waals surface area contributed by atoms with Crippen molar-refractivity contribution in [3.63, 3.8) is 0 Å². The Kier molecular flexibility index (Phi) is 9.17. The highest BCUT2D eigenvalue weighted by Crippen LogP contribution is 2.17. The van der Waals surface area contributed by atoms with Crippen molar-refractivity contribution >= 4 is 18.3 Å². The van der Waals surface area contributed by atoms with Gasteiger partial charge in [0.25, 0.3) is 5.91 Å². The lowest BCUT2D eigenvalue weighted by Gasteiger charge is -2.22. The molecular formula is C16H30ClN5O. The average molecular weight is 344 g/mol. The summed E-state index contributed by atoms with van der Waals surface area (Å²) < 4.78 is 1.88. The fraction of sp³-hybridized carbons (Fsp3) is 0.812. The zero-order valence-electron chi connectivity index (χ0n) is 14.3. The predicted molar refractivity (Wildman–Crippen MR) is 94.1 cm³/mol. The van der Waals surface area contributed by atoms with Crippen molar-refractivity contribution in [2.75, 3.05) is 26.2 Å². The van der Waals surface area contributed by atoms with Crippen LogP contribution in [0.4, 0.5) is 0 Å². The topological polar surface area (TPSA) is 63.1 Å². The number of hydrogen-bond acceptors (Lipinski definition) is 4. The molecule has 0 aliphatic carbocycles. The Hall–Kier alpha value is -1.14. The highest BCUT2D eigenvalue weighted by atomic mass is 35.5. The molecule has 1 amide bonds. The van der Waals surface area contributed by atoms with E-state index in [1.807, 2.05) is 15.8 Å². The van der Waals surface area contributed by atoms with E-state index in [1.165, 1.54) is 0 Å². The fourth-order valence-electron chi connectivity index (χ4n) is 2.80. The Morgan fingerprint density at radius 2 is 1.87 bits per heavy atom. The van der Waals surface area contributed by atoms with Gasteiger partial charge in [-0.15, -0.1) is 17.5 Å². The quantitative estimate of drug-likeness (QED) is 0.788. The molecular weight excluding hydrogens is 314 g/mol. The molecule has 0 radical (unpaired) electrons. The van der Waals surface area contributed by atoms with Crippen LogP contribution in [-0.2, 0) is 0 Å². The normalized spacial score (nSPS) is 15.2. The van der Waals surface area contributed by atoms with E-state index in [1.54, 1.807) is 0 Å². The van der Waals surface area contributed by atoms with Crippen molar-refractivity contribution in [3.8, 4) is 0 Å². The van der Waals surface area contributed by atoms with Gasteiger partial charge in [0.05, 0.1) is 12.2 Å². The third-order valence-corrected chi connectivity index (χ3v) is 4.26. The first-order valence-corrected chi connectivity index (χ1v) is 8.68. The van der Waals surface area contributed by atoms with Crippen LogP contribution in [0.3, 0.4) is 0 Å². The first-order chi connectivity index (χ1) is 10.8. The summed E-state index contributed by atoms with van der Waals surface area (Å²) in [7, 11) is 0. The summed E-state index contributed by atoms with van der Waals surface area (Å²) in [5, 5.41) is 11.7. The second-order valence-electron chi connectivity index (χ2n) is 6.06. The number of halogens is 1. The second kappa shape index (κ2) is 10.6. The maximum absolute atomic E-state index is 12.7. The summed E-state index contributed by atoms with van der Waals surface area (Å²) >= 11 is 0. The van der Waals surface area contributed by atoms with Gasteiger partial charge in [0.2, 0.25) is 0 Å². The summed E-state index contributed by atoms with van der Waals surface area (Å²) in [5.74, 6) is 0.0297. The third kappa shape index (κ3) is 5.77. The minimum atomic E-state index is 0. The van der Waals surface area contributed by atoms with Crippen molar-refractivity contribution in [3.05, 3.63) is 11.9 Å². The molecule has 0 atom stereocenters. The average Bonchev–Trinajstić information content (AvgIpc) is 3.05. The van der Waals surface area contributed by atoms with E-state index in [0.717, 1.165) is 64.7 Å². The van der Waals surface area contributed by atoms with E-state index in [-0.39, 0.29) is 18.3 Å². The molecule has 2 rings (SSSR count). The zero-order chi connectivity index (χ0) is 15.8. The van der Waals surface area contributed by atoms with Gasteiger partial charge in [0.1, 0.15) is 0 Å². The largest absolute Gasteiger partial charge is 0.337 e. The molecule has 1 aliphatic heterocycles. The molecule has 1 aromatic heterocycles. The van der Waals surface area contributed by atoms with Crippen LogP contribution < -0.4 is 5.32 Å². The SMILES string of the molecule is CCCCN(CCCC)C(=O)c1cn(C2CCNCC2)nn1.Cl. The Morgan fingerprint density at radius 3 is 2.43 bits per heavy atom. The van der Waals surface area contributed by atoms with E-state index in [2.05, 4.69) is 29.5 Å². The second-order valence-corrected chi connectivity index (χ2v) is 6.06. The van der Waals surface area contributed by atoms with Crippen molar-refractivity contribution < 1.29 is 4.79 Å². The highest BCUT2D eigenvalue weighted by molar-refractivity contribution is 5.91. The first kappa shape index (κ1) is 19.9. The van der Waals surface area contributed by atoms with Gasteiger partial charge in [-0.1, -0.05) is 31.9 Å².